The molecule has 1 unspecified atom stereocenters. The second-order valence-corrected chi connectivity index (χ2v) is 8.56. The highest BCUT2D eigenvalue weighted by molar-refractivity contribution is 7.91. The van der Waals surface area contributed by atoms with Crippen molar-refractivity contribution >= 4 is 9.84 Å². The van der Waals surface area contributed by atoms with Crippen molar-refractivity contribution in [3.8, 4) is 0 Å². The zero-order valence-electron chi connectivity index (χ0n) is 12.1. The van der Waals surface area contributed by atoms with Gasteiger partial charge < -0.3 is 5.73 Å². The van der Waals surface area contributed by atoms with Crippen LogP contribution in [0.4, 0.5) is 0 Å². The van der Waals surface area contributed by atoms with E-state index in [0.717, 1.165) is 12.8 Å². The normalized spacial score (nSPS) is 33.2. The Morgan fingerprint density at radius 1 is 1.16 bits per heavy atom. The van der Waals surface area contributed by atoms with E-state index in [1.807, 2.05) is 0 Å². The Bertz CT molecular complexity index is 388. The first-order valence-corrected chi connectivity index (χ1v) is 9.45. The fourth-order valence-electron chi connectivity index (χ4n) is 3.79. The van der Waals surface area contributed by atoms with E-state index < -0.39 is 9.84 Å². The molecular weight excluding hydrogens is 260 g/mol. The molecule has 0 spiro atoms. The summed E-state index contributed by atoms with van der Waals surface area (Å²) in [6, 6.07) is 0.513. The lowest BCUT2D eigenvalue weighted by atomic mass is 9.90. The molecule has 0 radical (unpaired) electrons. The van der Waals surface area contributed by atoms with Crippen LogP contribution in [-0.4, -0.2) is 50.0 Å². The minimum absolute atomic E-state index is 0.253. The minimum Gasteiger partial charge on any atom is -0.329 e. The Balaban J connectivity index is 2.14. The van der Waals surface area contributed by atoms with E-state index in [1.54, 1.807) is 0 Å². The molecular formula is C14H28N2O2S. The molecule has 0 bridgehead atoms. The molecule has 2 aliphatic rings. The highest BCUT2D eigenvalue weighted by atomic mass is 32.2. The summed E-state index contributed by atoms with van der Waals surface area (Å²) in [6.45, 7) is 0.458. The average molecular weight is 288 g/mol. The van der Waals surface area contributed by atoms with Crippen LogP contribution in [0, 0.1) is 0 Å². The molecule has 0 amide bonds. The number of rotatable bonds is 3. The Labute approximate surface area is 117 Å². The van der Waals surface area contributed by atoms with Crippen molar-refractivity contribution in [1.29, 1.82) is 0 Å². The molecule has 1 atom stereocenters. The number of nitrogens with zero attached hydrogens (tertiary/aromatic N) is 1. The smallest absolute Gasteiger partial charge is 0.152 e. The van der Waals surface area contributed by atoms with Crippen LogP contribution in [0.15, 0.2) is 0 Å². The summed E-state index contributed by atoms with van der Waals surface area (Å²) >= 11 is 0. The van der Waals surface area contributed by atoms with Crippen LogP contribution in [-0.2, 0) is 9.84 Å². The van der Waals surface area contributed by atoms with Crippen LogP contribution < -0.4 is 5.73 Å². The predicted octanol–water partition coefficient (Wildman–Crippen LogP) is 1.55. The van der Waals surface area contributed by atoms with Crippen LogP contribution in [0.3, 0.4) is 0 Å². The van der Waals surface area contributed by atoms with Crippen LogP contribution in [0.2, 0.25) is 0 Å². The molecule has 2 fully saturated rings. The second-order valence-electron chi connectivity index (χ2n) is 6.38. The molecule has 1 aliphatic heterocycles. The second kappa shape index (κ2) is 6.10. The van der Waals surface area contributed by atoms with Gasteiger partial charge in [0, 0.05) is 18.1 Å². The zero-order chi connectivity index (χ0) is 13.9. The van der Waals surface area contributed by atoms with Crippen molar-refractivity contribution in [2.45, 2.75) is 62.9 Å². The van der Waals surface area contributed by atoms with Gasteiger partial charge in [0.1, 0.15) is 0 Å². The van der Waals surface area contributed by atoms with Crippen LogP contribution in [0.1, 0.15) is 51.4 Å². The van der Waals surface area contributed by atoms with Gasteiger partial charge in [0.2, 0.25) is 0 Å². The molecule has 0 aromatic heterocycles. The Morgan fingerprint density at radius 3 is 2.32 bits per heavy atom. The maximum atomic E-state index is 12.0. The summed E-state index contributed by atoms with van der Waals surface area (Å²) in [5, 5.41) is 0. The van der Waals surface area contributed by atoms with E-state index in [4.69, 9.17) is 5.73 Å². The van der Waals surface area contributed by atoms with Crippen molar-refractivity contribution in [2.24, 2.45) is 5.73 Å². The third-order valence-corrected chi connectivity index (χ3v) is 6.97. The van der Waals surface area contributed by atoms with Gasteiger partial charge in [-0.25, -0.2) is 8.42 Å². The maximum absolute atomic E-state index is 12.0. The van der Waals surface area contributed by atoms with Gasteiger partial charge in [-0.2, -0.15) is 0 Å². The summed E-state index contributed by atoms with van der Waals surface area (Å²) in [7, 11) is -0.816. The first-order chi connectivity index (χ1) is 8.99. The highest BCUT2D eigenvalue weighted by Gasteiger charge is 2.43. The molecule has 1 saturated carbocycles. The number of likely N-dealkylation sites (N-methyl/N-ethyl adjacent to an activating group) is 1. The third-order valence-electron chi connectivity index (χ3n) is 5.09. The van der Waals surface area contributed by atoms with Crippen LogP contribution in [0.25, 0.3) is 0 Å². The van der Waals surface area contributed by atoms with Gasteiger partial charge in [-0.3, -0.25) is 4.90 Å². The Hall–Kier alpha value is -0.130. The highest BCUT2D eigenvalue weighted by Crippen LogP contribution is 2.32. The van der Waals surface area contributed by atoms with Crippen molar-refractivity contribution in [3.63, 3.8) is 0 Å². The molecule has 1 aliphatic carbocycles. The van der Waals surface area contributed by atoms with Gasteiger partial charge in [-0.1, -0.05) is 25.7 Å². The van der Waals surface area contributed by atoms with Crippen molar-refractivity contribution in [1.82, 2.24) is 4.90 Å². The molecule has 112 valence electrons. The summed E-state index contributed by atoms with van der Waals surface area (Å²) in [6.07, 6.45) is 9.24. The first kappa shape index (κ1) is 15.3. The SMILES string of the molecule is CN(C1CCCCCC1)C1(CN)CCCS(=O)(=O)C1. The van der Waals surface area contributed by atoms with E-state index in [1.165, 1.54) is 38.5 Å². The third kappa shape index (κ3) is 3.50. The van der Waals surface area contributed by atoms with Gasteiger partial charge in [0.05, 0.1) is 11.5 Å². The van der Waals surface area contributed by atoms with E-state index in [0.29, 0.717) is 18.3 Å². The van der Waals surface area contributed by atoms with Gasteiger partial charge >= 0.3 is 0 Å². The van der Waals surface area contributed by atoms with Gasteiger partial charge in [0.25, 0.3) is 0 Å². The van der Waals surface area contributed by atoms with E-state index in [9.17, 15) is 8.42 Å². The molecule has 1 saturated heterocycles. The zero-order valence-corrected chi connectivity index (χ0v) is 12.9. The van der Waals surface area contributed by atoms with Crippen molar-refractivity contribution in [2.75, 3.05) is 25.1 Å². The summed E-state index contributed by atoms with van der Waals surface area (Å²) in [5.74, 6) is 0.594. The molecule has 19 heavy (non-hydrogen) atoms. The number of hydrogen-bond donors (Lipinski definition) is 1. The summed E-state index contributed by atoms with van der Waals surface area (Å²) < 4.78 is 24.0. The van der Waals surface area contributed by atoms with Crippen LogP contribution >= 0.6 is 0 Å². The summed E-state index contributed by atoms with van der Waals surface area (Å²) in [5.41, 5.74) is 5.69. The molecule has 1 heterocycles. The van der Waals surface area contributed by atoms with Gasteiger partial charge in [-0.15, -0.1) is 0 Å². The average Bonchev–Trinajstić information content (AvgIpc) is 2.65. The lowest BCUT2D eigenvalue weighted by Crippen LogP contribution is -2.61. The van der Waals surface area contributed by atoms with Crippen LogP contribution in [0.5, 0.6) is 0 Å². The van der Waals surface area contributed by atoms with E-state index in [2.05, 4.69) is 11.9 Å². The fraction of sp³-hybridized carbons (Fsp3) is 1.00. The van der Waals surface area contributed by atoms with Gasteiger partial charge in [-0.05, 0) is 32.7 Å². The minimum atomic E-state index is -2.92. The standard InChI is InChI=1S/C14H28N2O2S/c1-16(13-7-4-2-3-5-8-13)14(11-15)9-6-10-19(17,18)12-14/h13H,2-12,15H2,1H3. The van der Waals surface area contributed by atoms with E-state index in [-0.39, 0.29) is 11.3 Å². The Morgan fingerprint density at radius 2 is 1.79 bits per heavy atom. The molecule has 2 rings (SSSR count). The van der Waals surface area contributed by atoms with E-state index >= 15 is 0 Å². The molecule has 2 N–H and O–H groups in total. The molecule has 0 aromatic carbocycles. The molecule has 5 heteroatoms. The molecule has 4 nitrogen and oxygen atoms in total. The number of sulfone groups is 1. The monoisotopic (exact) mass is 288 g/mol. The fourth-order valence-corrected chi connectivity index (χ4v) is 5.80. The van der Waals surface area contributed by atoms with Crippen molar-refractivity contribution in [3.05, 3.63) is 0 Å². The quantitative estimate of drug-likeness (QED) is 0.800. The first-order valence-electron chi connectivity index (χ1n) is 7.63. The topological polar surface area (TPSA) is 63.4 Å². The largest absolute Gasteiger partial charge is 0.329 e. The lowest BCUT2D eigenvalue weighted by molar-refractivity contribution is 0.0744. The maximum Gasteiger partial charge on any atom is 0.152 e. The predicted molar refractivity (Wildman–Crippen MR) is 78.9 cm³/mol. The Kier molecular flexibility index (Phi) is 4.90. The van der Waals surface area contributed by atoms with Gasteiger partial charge in [0.15, 0.2) is 9.84 Å². The number of nitrogens with two attached hydrogens (primary N) is 1. The summed E-state index contributed by atoms with van der Waals surface area (Å²) in [4.78, 5) is 2.33. The van der Waals surface area contributed by atoms with Crippen molar-refractivity contribution < 1.29 is 8.42 Å². The number of hydrogen-bond acceptors (Lipinski definition) is 4. The molecule has 0 aromatic rings. The lowest BCUT2D eigenvalue weighted by Gasteiger charge is -2.47.